The summed E-state index contributed by atoms with van der Waals surface area (Å²) in [6.07, 6.45) is 0.348. The van der Waals surface area contributed by atoms with Crippen LogP contribution in [0.5, 0.6) is 11.5 Å². The zero-order valence-electron chi connectivity index (χ0n) is 15.8. The third-order valence-electron chi connectivity index (χ3n) is 4.52. The van der Waals surface area contributed by atoms with Crippen LogP contribution in [0.2, 0.25) is 0 Å². The summed E-state index contributed by atoms with van der Waals surface area (Å²) in [5.41, 5.74) is 0.657. The van der Waals surface area contributed by atoms with E-state index >= 15 is 0 Å². The fourth-order valence-electron chi connectivity index (χ4n) is 3.33. The van der Waals surface area contributed by atoms with E-state index < -0.39 is 9.84 Å². The van der Waals surface area contributed by atoms with Crippen LogP contribution in [0.25, 0.3) is 0 Å². The monoisotopic (exact) mass is 412 g/mol. The lowest BCUT2D eigenvalue weighted by Crippen LogP contribution is -2.38. The quantitative estimate of drug-likeness (QED) is 0.734. The molecular formula is C18H24N2O5S2. The van der Waals surface area contributed by atoms with Crippen molar-refractivity contribution in [2.24, 2.45) is 10.9 Å². The number of rotatable bonds is 5. The third kappa shape index (κ3) is 4.24. The second-order valence-corrected chi connectivity index (χ2v) is 10.5. The SMILES string of the molecule is COc1ccc(OC)c(N2C(=NC(=O)CC(C)C)SC3CS(=O)(=O)CC32)c1. The highest BCUT2D eigenvalue weighted by Crippen LogP contribution is 2.45. The Morgan fingerprint density at radius 3 is 2.67 bits per heavy atom. The zero-order valence-corrected chi connectivity index (χ0v) is 17.5. The van der Waals surface area contributed by atoms with E-state index in [0.29, 0.717) is 28.8 Å². The van der Waals surface area contributed by atoms with Crippen LogP contribution >= 0.6 is 11.8 Å². The molecule has 3 rings (SSSR count). The number of thioether (sulfide) groups is 1. The minimum atomic E-state index is -3.13. The molecule has 2 aliphatic heterocycles. The topological polar surface area (TPSA) is 85.3 Å². The van der Waals surface area contributed by atoms with E-state index in [1.807, 2.05) is 18.7 Å². The van der Waals surface area contributed by atoms with Gasteiger partial charge in [0.1, 0.15) is 11.5 Å². The molecule has 9 heteroatoms. The molecule has 1 aromatic rings. The Hall–Kier alpha value is -1.74. The van der Waals surface area contributed by atoms with Crippen LogP contribution < -0.4 is 14.4 Å². The van der Waals surface area contributed by atoms with Crippen molar-refractivity contribution in [3.05, 3.63) is 18.2 Å². The van der Waals surface area contributed by atoms with Crippen LogP contribution in [0, 0.1) is 5.92 Å². The number of fused-ring (bicyclic) bond motifs is 1. The first kappa shape index (κ1) is 20.0. The van der Waals surface area contributed by atoms with Crippen molar-refractivity contribution in [2.75, 3.05) is 30.6 Å². The van der Waals surface area contributed by atoms with Crippen molar-refractivity contribution in [1.29, 1.82) is 0 Å². The Bertz CT molecular complexity index is 867. The number of amides is 1. The first-order chi connectivity index (χ1) is 12.7. The standard InChI is InChI=1S/C18H24N2O5S2/c1-11(2)7-17(21)19-18-20(14-9-27(22,23)10-16(14)26-18)13-8-12(24-3)5-6-15(13)25-4/h5-6,8,11,14,16H,7,9-10H2,1-4H3. The van der Waals surface area contributed by atoms with Crippen LogP contribution in [0.4, 0.5) is 5.69 Å². The van der Waals surface area contributed by atoms with Crippen molar-refractivity contribution in [2.45, 2.75) is 31.6 Å². The number of anilines is 1. The van der Waals surface area contributed by atoms with Gasteiger partial charge in [0.05, 0.1) is 37.5 Å². The molecule has 1 aromatic carbocycles. The summed E-state index contributed by atoms with van der Waals surface area (Å²) < 4.78 is 35.1. The van der Waals surface area contributed by atoms with Gasteiger partial charge in [0.2, 0.25) is 5.91 Å². The number of hydrogen-bond donors (Lipinski definition) is 0. The second kappa shape index (κ2) is 7.71. The molecule has 2 atom stereocenters. The number of carbonyl (C=O) groups is 1. The van der Waals surface area contributed by atoms with Crippen molar-refractivity contribution in [1.82, 2.24) is 0 Å². The van der Waals surface area contributed by atoms with E-state index in [9.17, 15) is 13.2 Å². The first-order valence-corrected chi connectivity index (χ1v) is 11.4. The Morgan fingerprint density at radius 1 is 1.30 bits per heavy atom. The van der Waals surface area contributed by atoms with Gasteiger partial charge in [0.25, 0.3) is 0 Å². The number of amidine groups is 1. The maximum atomic E-state index is 12.3. The summed E-state index contributed by atoms with van der Waals surface area (Å²) >= 11 is 1.35. The van der Waals surface area contributed by atoms with E-state index in [1.165, 1.54) is 11.8 Å². The minimum Gasteiger partial charge on any atom is -0.497 e. The number of hydrogen-bond acceptors (Lipinski definition) is 6. The van der Waals surface area contributed by atoms with E-state index in [0.717, 1.165) is 0 Å². The second-order valence-electron chi connectivity index (χ2n) is 7.09. The van der Waals surface area contributed by atoms with Crippen LogP contribution in [0.1, 0.15) is 20.3 Å². The highest BCUT2D eigenvalue weighted by molar-refractivity contribution is 8.16. The molecule has 0 aliphatic carbocycles. The van der Waals surface area contributed by atoms with Gasteiger partial charge in [-0.15, -0.1) is 0 Å². The van der Waals surface area contributed by atoms with Gasteiger partial charge >= 0.3 is 0 Å². The lowest BCUT2D eigenvalue weighted by atomic mass is 10.1. The lowest BCUT2D eigenvalue weighted by molar-refractivity contribution is -0.118. The smallest absolute Gasteiger partial charge is 0.248 e. The Morgan fingerprint density at radius 2 is 2.04 bits per heavy atom. The number of carbonyl (C=O) groups excluding carboxylic acids is 1. The number of benzene rings is 1. The summed E-state index contributed by atoms with van der Waals surface area (Å²) in [4.78, 5) is 18.5. The first-order valence-electron chi connectivity index (χ1n) is 8.74. The summed E-state index contributed by atoms with van der Waals surface area (Å²) in [5, 5.41) is 0.369. The third-order valence-corrected chi connectivity index (χ3v) is 7.73. The average Bonchev–Trinajstić information content (AvgIpc) is 3.04. The number of methoxy groups -OCH3 is 2. The summed E-state index contributed by atoms with van der Waals surface area (Å²) in [7, 11) is -0.00956. The Balaban J connectivity index is 2.06. The van der Waals surface area contributed by atoms with Gasteiger partial charge in [-0.1, -0.05) is 25.6 Å². The minimum absolute atomic E-state index is 0.0302. The van der Waals surface area contributed by atoms with Crippen molar-refractivity contribution >= 4 is 38.4 Å². The van der Waals surface area contributed by atoms with E-state index in [-0.39, 0.29) is 34.6 Å². The molecule has 0 spiro atoms. The predicted octanol–water partition coefficient (Wildman–Crippen LogP) is 2.35. The Labute approximate surface area is 164 Å². The molecule has 2 saturated heterocycles. The van der Waals surface area contributed by atoms with Gasteiger partial charge in [-0.2, -0.15) is 4.99 Å². The van der Waals surface area contributed by atoms with Gasteiger partial charge in [-0.05, 0) is 18.1 Å². The largest absolute Gasteiger partial charge is 0.497 e. The summed E-state index contributed by atoms with van der Waals surface area (Å²) in [6.45, 7) is 3.92. The molecule has 0 saturated carbocycles. The molecule has 0 aromatic heterocycles. The molecule has 0 N–H and O–H groups in total. The van der Waals surface area contributed by atoms with Gasteiger partial charge < -0.3 is 14.4 Å². The molecule has 1 amide bonds. The predicted molar refractivity (Wildman–Crippen MR) is 108 cm³/mol. The summed E-state index contributed by atoms with van der Waals surface area (Å²) in [6, 6.07) is 5.04. The molecule has 148 valence electrons. The maximum absolute atomic E-state index is 12.3. The fourth-order valence-corrected chi connectivity index (χ4v) is 7.26. The fraction of sp³-hybridized carbons (Fsp3) is 0.556. The number of aliphatic imine (C=N–C) groups is 1. The van der Waals surface area contributed by atoms with E-state index in [1.54, 1.807) is 32.4 Å². The Kier molecular flexibility index (Phi) is 5.71. The van der Waals surface area contributed by atoms with E-state index in [2.05, 4.69) is 4.99 Å². The molecule has 2 unspecified atom stereocenters. The molecule has 7 nitrogen and oxygen atoms in total. The van der Waals surface area contributed by atoms with Crippen molar-refractivity contribution < 1.29 is 22.7 Å². The molecule has 2 aliphatic rings. The van der Waals surface area contributed by atoms with Crippen molar-refractivity contribution in [3.63, 3.8) is 0 Å². The van der Waals surface area contributed by atoms with E-state index in [4.69, 9.17) is 9.47 Å². The number of ether oxygens (including phenoxy) is 2. The summed E-state index contributed by atoms with van der Waals surface area (Å²) in [5.74, 6) is 1.30. The van der Waals surface area contributed by atoms with Crippen LogP contribution in [0.15, 0.2) is 23.2 Å². The van der Waals surface area contributed by atoms with Crippen molar-refractivity contribution in [3.8, 4) is 11.5 Å². The highest BCUT2D eigenvalue weighted by Gasteiger charge is 2.50. The lowest BCUT2D eigenvalue weighted by Gasteiger charge is -2.26. The van der Waals surface area contributed by atoms with Crippen LogP contribution in [-0.4, -0.2) is 56.5 Å². The molecule has 2 fully saturated rings. The maximum Gasteiger partial charge on any atom is 0.248 e. The molecular weight excluding hydrogens is 388 g/mol. The zero-order chi connectivity index (χ0) is 19.8. The van der Waals surface area contributed by atoms with Gasteiger partial charge in [-0.3, -0.25) is 4.79 Å². The average molecular weight is 413 g/mol. The molecule has 27 heavy (non-hydrogen) atoms. The van der Waals surface area contributed by atoms with Gasteiger partial charge in [0.15, 0.2) is 15.0 Å². The van der Waals surface area contributed by atoms with Gasteiger partial charge in [0, 0.05) is 17.7 Å². The van der Waals surface area contributed by atoms with Gasteiger partial charge in [-0.25, -0.2) is 8.42 Å². The van der Waals surface area contributed by atoms with Crippen LogP contribution in [-0.2, 0) is 14.6 Å². The normalized spacial score (nSPS) is 25.1. The molecule has 0 radical (unpaired) electrons. The number of sulfone groups is 1. The molecule has 0 bridgehead atoms. The van der Waals surface area contributed by atoms with Crippen LogP contribution in [0.3, 0.4) is 0 Å². The highest BCUT2D eigenvalue weighted by atomic mass is 32.2. The molecule has 2 heterocycles. The number of nitrogens with zero attached hydrogens (tertiary/aromatic N) is 2.